The molecule has 0 radical (unpaired) electrons. The third-order valence-electron chi connectivity index (χ3n) is 2.80. The minimum atomic E-state index is -0.106. The van der Waals surface area contributed by atoms with Gasteiger partial charge in [0.2, 0.25) is 0 Å². The number of halogens is 3. The summed E-state index contributed by atoms with van der Waals surface area (Å²) in [5.74, 6) is 0. The summed E-state index contributed by atoms with van der Waals surface area (Å²) in [4.78, 5) is 0.542. The lowest BCUT2D eigenvalue weighted by atomic mass is 10.2. The molecular formula is C11H12Br3P. The molecule has 1 saturated heterocycles. The summed E-state index contributed by atoms with van der Waals surface area (Å²) in [5.41, 5.74) is 0. The predicted octanol–water partition coefficient (Wildman–Crippen LogP) is 4.45. The number of rotatable bonds is 1. The fourth-order valence-corrected chi connectivity index (χ4v) is 8.92. The molecule has 4 heteroatoms. The van der Waals surface area contributed by atoms with Crippen LogP contribution in [0.4, 0.5) is 0 Å². The van der Waals surface area contributed by atoms with Gasteiger partial charge in [0.25, 0.3) is 0 Å². The van der Waals surface area contributed by atoms with E-state index in [-0.39, 0.29) is 12.2 Å². The highest BCUT2D eigenvalue weighted by atomic mass is 79.9. The second-order valence-electron chi connectivity index (χ2n) is 3.94. The van der Waals surface area contributed by atoms with E-state index in [1.165, 1.54) is 11.5 Å². The molecular weight excluding hydrogens is 403 g/mol. The lowest BCUT2D eigenvalue weighted by molar-refractivity contribution is 0.755. The maximum atomic E-state index is 3.86. The molecule has 1 aliphatic rings. The molecule has 0 saturated carbocycles. The third kappa shape index (κ3) is 2.36. The van der Waals surface area contributed by atoms with Crippen LogP contribution in [0.3, 0.4) is 0 Å². The summed E-state index contributed by atoms with van der Waals surface area (Å²) in [6, 6.07) is 10.8. The Morgan fingerprint density at radius 2 is 1.87 bits per heavy atom. The molecule has 0 aliphatic carbocycles. The van der Waals surface area contributed by atoms with Crippen LogP contribution < -0.4 is 5.30 Å². The minimum Gasteiger partial charge on any atom is -0.0871 e. The Balaban J connectivity index is 2.27. The first kappa shape index (κ1) is 12.5. The highest BCUT2D eigenvalue weighted by Gasteiger charge is 2.48. The highest BCUT2D eigenvalue weighted by Crippen LogP contribution is 2.61. The van der Waals surface area contributed by atoms with Crippen molar-refractivity contribution < 1.29 is 0 Å². The van der Waals surface area contributed by atoms with Gasteiger partial charge in [0.1, 0.15) is 0 Å². The molecule has 0 amide bonds. The van der Waals surface area contributed by atoms with E-state index in [4.69, 9.17) is 0 Å². The van der Waals surface area contributed by atoms with E-state index in [1.54, 1.807) is 0 Å². The summed E-state index contributed by atoms with van der Waals surface area (Å²) in [7, 11) is -0.106. The number of benzene rings is 1. The summed E-state index contributed by atoms with van der Waals surface area (Å²) in [6.07, 6.45) is 1.23. The fraction of sp³-hybridized carbons (Fsp3) is 0.455. The van der Waals surface area contributed by atoms with Gasteiger partial charge in [0, 0.05) is 4.83 Å². The maximum Gasteiger partial charge on any atom is 0.0548 e. The monoisotopic (exact) mass is 412 g/mol. The van der Waals surface area contributed by atoms with Crippen molar-refractivity contribution >= 4 is 61.0 Å². The molecule has 1 aliphatic heterocycles. The van der Waals surface area contributed by atoms with Crippen LogP contribution in [-0.2, 0) is 0 Å². The average Bonchev–Trinajstić information content (AvgIpc) is 2.44. The zero-order valence-electron chi connectivity index (χ0n) is 8.33. The van der Waals surface area contributed by atoms with Crippen molar-refractivity contribution in [2.75, 3.05) is 6.16 Å². The molecule has 1 heterocycles. The van der Waals surface area contributed by atoms with Crippen molar-refractivity contribution in [3.05, 3.63) is 30.3 Å². The molecule has 82 valence electrons. The molecule has 2 rings (SSSR count). The fourth-order valence-electron chi connectivity index (χ4n) is 1.75. The van der Waals surface area contributed by atoms with E-state index in [1.807, 2.05) is 0 Å². The normalized spacial score (nSPS) is 40.7. The Morgan fingerprint density at radius 1 is 1.27 bits per heavy atom. The Bertz CT molecular complexity index is 339. The molecule has 1 fully saturated rings. The topological polar surface area (TPSA) is 0 Å². The van der Waals surface area contributed by atoms with Crippen LogP contribution in [0.5, 0.6) is 0 Å². The van der Waals surface area contributed by atoms with Gasteiger partial charge in [-0.1, -0.05) is 86.0 Å². The van der Waals surface area contributed by atoms with Gasteiger partial charge >= 0.3 is 0 Å². The van der Waals surface area contributed by atoms with Gasteiger partial charge in [-0.2, -0.15) is 0 Å². The summed E-state index contributed by atoms with van der Waals surface area (Å²) < 4.78 is 0.695. The number of hydrogen-bond donors (Lipinski definition) is 0. The standard InChI is InChI=1S/C11H12Br3P/c1-11(14)9(12)7-15(10(11)13)8-5-3-2-4-6-8/h2-6,9-10H,7H2,1H3. The van der Waals surface area contributed by atoms with Gasteiger partial charge in [-0.25, -0.2) is 0 Å². The maximum absolute atomic E-state index is 3.86. The van der Waals surface area contributed by atoms with Crippen LogP contribution in [0.15, 0.2) is 30.3 Å². The van der Waals surface area contributed by atoms with E-state index in [0.29, 0.717) is 9.40 Å². The predicted molar refractivity (Wildman–Crippen MR) is 80.6 cm³/mol. The zero-order chi connectivity index (χ0) is 11.1. The molecule has 0 aromatic heterocycles. The first-order valence-electron chi connectivity index (χ1n) is 4.82. The van der Waals surface area contributed by atoms with Crippen LogP contribution in [-0.4, -0.2) is 19.9 Å². The lowest BCUT2D eigenvalue weighted by Gasteiger charge is -2.25. The zero-order valence-corrected chi connectivity index (χ0v) is 14.0. The van der Waals surface area contributed by atoms with Crippen LogP contribution in [0.1, 0.15) is 6.92 Å². The van der Waals surface area contributed by atoms with Crippen molar-refractivity contribution in [2.24, 2.45) is 0 Å². The quantitative estimate of drug-likeness (QED) is 0.470. The first-order chi connectivity index (χ1) is 7.03. The first-order valence-corrected chi connectivity index (χ1v) is 9.04. The molecule has 0 spiro atoms. The van der Waals surface area contributed by atoms with Crippen molar-refractivity contribution in [3.63, 3.8) is 0 Å². The van der Waals surface area contributed by atoms with Crippen molar-refractivity contribution in [1.29, 1.82) is 0 Å². The molecule has 0 nitrogen and oxygen atoms in total. The lowest BCUT2D eigenvalue weighted by Crippen LogP contribution is -2.30. The molecule has 1 aromatic rings. The molecule has 4 atom stereocenters. The van der Waals surface area contributed by atoms with Gasteiger partial charge in [-0.15, -0.1) is 0 Å². The Morgan fingerprint density at radius 3 is 2.33 bits per heavy atom. The van der Waals surface area contributed by atoms with Crippen molar-refractivity contribution in [3.8, 4) is 0 Å². The average molecular weight is 415 g/mol. The van der Waals surface area contributed by atoms with Gasteiger partial charge < -0.3 is 0 Å². The van der Waals surface area contributed by atoms with Gasteiger partial charge in [0.15, 0.2) is 0 Å². The molecule has 4 unspecified atom stereocenters. The summed E-state index contributed by atoms with van der Waals surface area (Å²) in [5, 5.41) is 1.49. The Labute approximate surface area is 117 Å². The molecule has 15 heavy (non-hydrogen) atoms. The van der Waals surface area contributed by atoms with Crippen molar-refractivity contribution in [1.82, 2.24) is 0 Å². The minimum absolute atomic E-state index is 0.106. The Kier molecular flexibility index (Phi) is 3.98. The SMILES string of the molecule is CC1(Br)C(Br)CP(c2ccccc2)C1Br. The van der Waals surface area contributed by atoms with Crippen molar-refractivity contribution in [2.45, 2.75) is 20.6 Å². The van der Waals surface area contributed by atoms with Gasteiger partial charge in [-0.05, 0) is 18.4 Å². The van der Waals surface area contributed by atoms with Crippen LogP contribution in [0.25, 0.3) is 0 Å². The largest absolute Gasteiger partial charge is 0.0871 e. The van der Waals surface area contributed by atoms with E-state index in [2.05, 4.69) is 85.0 Å². The Hall–Kier alpha value is 1.09. The summed E-state index contributed by atoms with van der Waals surface area (Å²) in [6.45, 7) is 2.26. The number of hydrogen-bond acceptors (Lipinski definition) is 0. The van der Waals surface area contributed by atoms with Gasteiger partial charge in [-0.3, -0.25) is 0 Å². The molecule has 0 bridgehead atoms. The van der Waals surface area contributed by atoms with E-state index >= 15 is 0 Å². The van der Waals surface area contributed by atoms with E-state index in [0.717, 1.165) is 0 Å². The summed E-state index contributed by atoms with van der Waals surface area (Å²) >= 11 is 11.5. The third-order valence-corrected chi connectivity index (χ3v) is 12.4. The van der Waals surface area contributed by atoms with E-state index < -0.39 is 0 Å². The molecule has 0 N–H and O–H groups in total. The smallest absolute Gasteiger partial charge is 0.0548 e. The van der Waals surface area contributed by atoms with Crippen LogP contribution in [0, 0.1) is 0 Å². The molecule has 1 aromatic carbocycles. The number of alkyl halides is 3. The van der Waals surface area contributed by atoms with Crippen LogP contribution >= 0.6 is 55.7 Å². The van der Waals surface area contributed by atoms with Gasteiger partial charge in [0.05, 0.1) is 8.89 Å². The van der Waals surface area contributed by atoms with E-state index in [9.17, 15) is 0 Å². The highest BCUT2D eigenvalue weighted by molar-refractivity contribution is 9.14. The second-order valence-corrected chi connectivity index (χ2v) is 10.7. The van der Waals surface area contributed by atoms with Crippen LogP contribution in [0.2, 0.25) is 0 Å². The second kappa shape index (κ2) is 4.76.